The van der Waals surface area contributed by atoms with E-state index in [0.29, 0.717) is 29.8 Å². The van der Waals surface area contributed by atoms with Gasteiger partial charge in [0.25, 0.3) is 11.5 Å². The van der Waals surface area contributed by atoms with E-state index in [9.17, 15) is 9.59 Å². The lowest BCUT2D eigenvalue weighted by molar-refractivity contribution is 0.0950. The van der Waals surface area contributed by atoms with Crippen molar-refractivity contribution < 1.29 is 4.79 Å². The highest BCUT2D eigenvalue weighted by molar-refractivity contribution is 5.94. The molecule has 0 spiro atoms. The Hall–Kier alpha value is -3.45. The molecule has 1 N–H and O–H groups in total. The van der Waals surface area contributed by atoms with Crippen LogP contribution in [0, 0.1) is 5.92 Å². The predicted octanol–water partition coefficient (Wildman–Crippen LogP) is 3.55. The largest absolute Gasteiger partial charge is 0.352 e. The molecule has 0 radical (unpaired) electrons. The molecule has 1 aromatic carbocycles. The number of fused-ring (bicyclic) bond motifs is 3. The van der Waals surface area contributed by atoms with Crippen molar-refractivity contribution in [3.63, 3.8) is 0 Å². The normalized spacial score (nSPS) is 16.8. The maximum atomic E-state index is 13.1. The zero-order valence-electron chi connectivity index (χ0n) is 19.6. The maximum Gasteiger partial charge on any atom is 0.276 e. The molecule has 0 bridgehead atoms. The van der Waals surface area contributed by atoms with Crippen molar-refractivity contribution >= 4 is 22.6 Å². The second kappa shape index (κ2) is 9.81. The third-order valence-electron chi connectivity index (χ3n) is 6.73. The summed E-state index contributed by atoms with van der Waals surface area (Å²) >= 11 is 0. The van der Waals surface area contributed by atoms with Crippen molar-refractivity contribution in [3.05, 3.63) is 82.4 Å². The van der Waals surface area contributed by atoms with Crippen LogP contribution in [-0.2, 0) is 6.54 Å². The summed E-state index contributed by atoms with van der Waals surface area (Å²) in [5.41, 5.74) is 3.64. The summed E-state index contributed by atoms with van der Waals surface area (Å²) in [6.45, 7) is 6.75. The van der Waals surface area contributed by atoms with E-state index in [0.717, 1.165) is 30.0 Å². The van der Waals surface area contributed by atoms with Crippen LogP contribution in [0.4, 0.5) is 0 Å². The van der Waals surface area contributed by atoms with Gasteiger partial charge in [0.15, 0.2) is 5.65 Å². The summed E-state index contributed by atoms with van der Waals surface area (Å²) in [6, 6.07) is 15.0. The molecule has 5 rings (SSSR count). The van der Waals surface area contributed by atoms with Gasteiger partial charge in [-0.1, -0.05) is 19.1 Å². The van der Waals surface area contributed by atoms with Crippen molar-refractivity contribution in [1.82, 2.24) is 24.2 Å². The fourth-order valence-electron chi connectivity index (χ4n) is 4.97. The molecule has 0 saturated carbocycles. The number of piperidine rings is 1. The summed E-state index contributed by atoms with van der Waals surface area (Å²) in [6.07, 6.45) is 7.14. The van der Waals surface area contributed by atoms with Crippen LogP contribution in [0.2, 0.25) is 0 Å². The minimum Gasteiger partial charge on any atom is -0.352 e. The number of carbonyl (C=O) groups is 1. The van der Waals surface area contributed by atoms with Gasteiger partial charge in [-0.3, -0.25) is 14.2 Å². The van der Waals surface area contributed by atoms with Crippen LogP contribution in [0.25, 0.3) is 16.7 Å². The third kappa shape index (κ3) is 4.61. The number of nitrogens with zero attached hydrogens (tertiary/aromatic N) is 4. The van der Waals surface area contributed by atoms with Crippen LogP contribution in [0.1, 0.15) is 42.1 Å². The SMILES string of the molecule is C[C@H]1CCCN(CCCNC(=O)c2ccc(Cn3c(=O)c4cccn4c4cccnc43)cc2)C1. The number of hydrogen-bond acceptors (Lipinski definition) is 4. The molecule has 1 saturated heterocycles. The van der Waals surface area contributed by atoms with Crippen LogP contribution >= 0.6 is 0 Å². The molecule has 176 valence electrons. The topological polar surface area (TPSA) is 71.6 Å². The lowest BCUT2D eigenvalue weighted by Gasteiger charge is -2.30. The number of nitrogens with one attached hydrogen (secondary N) is 1. The van der Waals surface area contributed by atoms with Gasteiger partial charge in [0.1, 0.15) is 5.52 Å². The lowest BCUT2D eigenvalue weighted by Crippen LogP contribution is -2.36. The van der Waals surface area contributed by atoms with Crippen molar-refractivity contribution in [1.29, 1.82) is 0 Å². The Bertz CT molecular complexity index is 1360. The molecule has 1 amide bonds. The van der Waals surface area contributed by atoms with Gasteiger partial charge in [-0.2, -0.15) is 0 Å². The zero-order valence-corrected chi connectivity index (χ0v) is 19.6. The molecule has 34 heavy (non-hydrogen) atoms. The molecule has 3 aromatic heterocycles. The fourth-order valence-corrected chi connectivity index (χ4v) is 4.97. The minimum atomic E-state index is -0.0823. The quantitative estimate of drug-likeness (QED) is 0.431. The molecule has 4 heterocycles. The van der Waals surface area contributed by atoms with Gasteiger partial charge in [0.05, 0.1) is 12.1 Å². The van der Waals surface area contributed by atoms with Gasteiger partial charge in [0.2, 0.25) is 0 Å². The zero-order chi connectivity index (χ0) is 23.5. The maximum absolute atomic E-state index is 13.1. The molecule has 1 atom stereocenters. The Morgan fingerprint density at radius 1 is 1.12 bits per heavy atom. The van der Waals surface area contributed by atoms with Gasteiger partial charge in [0, 0.05) is 31.0 Å². The number of pyridine rings is 1. The number of rotatable bonds is 7. The molecule has 1 fully saturated rings. The third-order valence-corrected chi connectivity index (χ3v) is 6.73. The number of carbonyl (C=O) groups excluding carboxylic acids is 1. The highest BCUT2D eigenvalue weighted by Gasteiger charge is 2.16. The Morgan fingerprint density at radius 3 is 2.76 bits per heavy atom. The first kappa shape index (κ1) is 22.3. The van der Waals surface area contributed by atoms with Crippen LogP contribution in [-0.4, -0.2) is 50.9 Å². The Morgan fingerprint density at radius 2 is 1.94 bits per heavy atom. The number of hydrogen-bond donors (Lipinski definition) is 1. The second-order valence-electron chi connectivity index (χ2n) is 9.36. The van der Waals surface area contributed by atoms with E-state index < -0.39 is 0 Å². The van der Waals surface area contributed by atoms with E-state index in [4.69, 9.17) is 0 Å². The molecule has 1 aliphatic heterocycles. The minimum absolute atomic E-state index is 0.0579. The summed E-state index contributed by atoms with van der Waals surface area (Å²) < 4.78 is 3.57. The number of benzene rings is 1. The summed E-state index contributed by atoms with van der Waals surface area (Å²) in [4.78, 5) is 32.6. The van der Waals surface area contributed by atoms with Gasteiger partial charge in [-0.25, -0.2) is 4.98 Å². The molecule has 7 nitrogen and oxygen atoms in total. The molecule has 0 aliphatic carbocycles. The number of likely N-dealkylation sites (tertiary alicyclic amines) is 1. The molecular formula is C27H31N5O2. The Kier molecular flexibility index (Phi) is 6.45. The Labute approximate surface area is 199 Å². The van der Waals surface area contributed by atoms with Gasteiger partial charge >= 0.3 is 0 Å². The van der Waals surface area contributed by atoms with E-state index in [1.165, 1.54) is 25.9 Å². The van der Waals surface area contributed by atoms with Crippen molar-refractivity contribution in [3.8, 4) is 0 Å². The van der Waals surface area contributed by atoms with Crippen LogP contribution in [0.3, 0.4) is 0 Å². The number of aromatic nitrogens is 3. The van der Waals surface area contributed by atoms with Crippen LogP contribution in [0.5, 0.6) is 0 Å². The van der Waals surface area contributed by atoms with E-state index in [-0.39, 0.29) is 11.5 Å². The van der Waals surface area contributed by atoms with Crippen molar-refractivity contribution in [2.75, 3.05) is 26.2 Å². The van der Waals surface area contributed by atoms with Gasteiger partial charge in [-0.05, 0) is 80.2 Å². The summed E-state index contributed by atoms with van der Waals surface area (Å²) in [5.74, 6) is 0.717. The second-order valence-corrected chi connectivity index (χ2v) is 9.36. The van der Waals surface area contributed by atoms with Gasteiger partial charge in [-0.15, -0.1) is 0 Å². The average Bonchev–Trinajstić information content (AvgIpc) is 3.35. The number of amides is 1. The van der Waals surface area contributed by atoms with E-state index in [1.54, 1.807) is 10.8 Å². The molecular weight excluding hydrogens is 426 g/mol. The molecule has 0 unspecified atom stereocenters. The molecule has 7 heteroatoms. The highest BCUT2D eigenvalue weighted by Crippen LogP contribution is 2.16. The molecule has 4 aromatic rings. The summed E-state index contributed by atoms with van der Waals surface area (Å²) in [5, 5.41) is 3.04. The van der Waals surface area contributed by atoms with Crippen molar-refractivity contribution in [2.24, 2.45) is 5.92 Å². The van der Waals surface area contributed by atoms with E-state index in [1.807, 2.05) is 59.1 Å². The predicted molar refractivity (Wildman–Crippen MR) is 134 cm³/mol. The van der Waals surface area contributed by atoms with Crippen LogP contribution < -0.4 is 10.9 Å². The first-order valence-corrected chi connectivity index (χ1v) is 12.1. The van der Waals surface area contributed by atoms with Crippen molar-refractivity contribution in [2.45, 2.75) is 32.7 Å². The first-order valence-electron chi connectivity index (χ1n) is 12.1. The van der Waals surface area contributed by atoms with E-state index >= 15 is 0 Å². The summed E-state index contributed by atoms with van der Waals surface area (Å²) in [7, 11) is 0. The highest BCUT2D eigenvalue weighted by atomic mass is 16.1. The smallest absolute Gasteiger partial charge is 0.276 e. The Balaban J connectivity index is 1.23. The van der Waals surface area contributed by atoms with Gasteiger partial charge < -0.3 is 14.6 Å². The monoisotopic (exact) mass is 457 g/mol. The standard InChI is InChI=1S/C27H31N5O2/c1-20-6-3-15-30(18-20)16-5-14-29-26(33)22-11-9-21(10-12-22)19-32-25-23(7-2-13-28-25)31-17-4-8-24(31)27(32)34/h2,4,7-13,17,20H,3,5-6,14-16,18-19H2,1H3,(H,29,33)/t20-/m0/s1. The van der Waals surface area contributed by atoms with Crippen LogP contribution in [0.15, 0.2) is 65.7 Å². The van der Waals surface area contributed by atoms with E-state index in [2.05, 4.69) is 22.1 Å². The lowest BCUT2D eigenvalue weighted by atomic mass is 10.0. The fraction of sp³-hybridized carbons (Fsp3) is 0.370. The average molecular weight is 458 g/mol. The first-order chi connectivity index (χ1) is 16.6. The molecule has 1 aliphatic rings.